The van der Waals surface area contributed by atoms with Crippen LogP contribution in [-0.2, 0) is 4.79 Å². The van der Waals surface area contributed by atoms with E-state index in [0.717, 1.165) is 29.2 Å². The van der Waals surface area contributed by atoms with Gasteiger partial charge in [0.2, 0.25) is 5.91 Å². The van der Waals surface area contributed by atoms with Crippen LogP contribution in [0.4, 0.5) is 5.13 Å². The number of thiazole rings is 1. The van der Waals surface area contributed by atoms with Crippen LogP contribution in [0.5, 0.6) is 11.5 Å². The maximum atomic E-state index is 11.3. The smallest absolute Gasteiger partial charge is 0.239 e. The van der Waals surface area contributed by atoms with Crippen molar-refractivity contribution in [3.8, 4) is 22.8 Å². The molecule has 0 fully saturated rings. The number of amides is 1. The highest BCUT2D eigenvalue weighted by molar-refractivity contribution is 7.14. The number of hydrogen-bond donors (Lipinski definition) is 2. The van der Waals surface area contributed by atoms with Gasteiger partial charge in [0.25, 0.3) is 0 Å². The Bertz CT molecular complexity index is 657. The molecule has 1 aromatic heterocycles. The Kier molecular flexibility index (Phi) is 4.03. The molecule has 0 saturated carbocycles. The van der Waals surface area contributed by atoms with Crippen molar-refractivity contribution in [3.63, 3.8) is 0 Å². The second-order valence-electron chi connectivity index (χ2n) is 4.50. The lowest BCUT2D eigenvalue weighted by molar-refractivity contribution is -0.114. The summed E-state index contributed by atoms with van der Waals surface area (Å²) in [5, 5.41) is 5.06. The van der Waals surface area contributed by atoms with E-state index in [-0.39, 0.29) is 12.5 Å². The number of nitrogens with one attached hydrogen (secondary N) is 1. The predicted octanol–water partition coefficient (Wildman–Crippen LogP) is 1.87. The van der Waals surface area contributed by atoms with Crippen LogP contribution in [0.1, 0.15) is 6.42 Å². The molecule has 6 nitrogen and oxygen atoms in total. The highest BCUT2D eigenvalue weighted by Gasteiger charge is 2.13. The van der Waals surface area contributed by atoms with Crippen molar-refractivity contribution in [1.82, 2.24) is 4.98 Å². The second kappa shape index (κ2) is 6.11. The Morgan fingerprint density at radius 2 is 2.14 bits per heavy atom. The number of nitrogens with zero attached hydrogens (tertiary/aromatic N) is 1. The summed E-state index contributed by atoms with van der Waals surface area (Å²) in [7, 11) is 0. The Morgan fingerprint density at radius 1 is 1.33 bits per heavy atom. The average molecular weight is 305 g/mol. The minimum absolute atomic E-state index is 0.0566. The molecular weight excluding hydrogens is 290 g/mol. The predicted molar refractivity (Wildman–Crippen MR) is 80.8 cm³/mol. The molecule has 3 N–H and O–H groups in total. The molecule has 0 unspecified atom stereocenters. The summed E-state index contributed by atoms with van der Waals surface area (Å²) in [6.07, 6.45) is 0.871. The van der Waals surface area contributed by atoms with Gasteiger partial charge in [-0.05, 0) is 18.2 Å². The van der Waals surface area contributed by atoms with Gasteiger partial charge in [0.05, 0.1) is 25.5 Å². The third-order valence-electron chi connectivity index (χ3n) is 2.98. The van der Waals surface area contributed by atoms with Gasteiger partial charge in [-0.3, -0.25) is 4.79 Å². The number of rotatable bonds is 3. The van der Waals surface area contributed by atoms with E-state index in [0.29, 0.717) is 18.3 Å². The lowest BCUT2D eigenvalue weighted by Crippen LogP contribution is -2.21. The number of aromatic nitrogens is 1. The van der Waals surface area contributed by atoms with Crippen LogP contribution in [0.2, 0.25) is 0 Å². The molecule has 2 aromatic rings. The van der Waals surface area contributed by atoms with Crippen LogP contribution in [0.15, 0.2) is 23.6 Å². The molecule has 2 heterocycles. The maximum Gasteiger partial charge on any atom is 0.239 e. The minimum Gasteiger partial charge on any atom is -0.490 e. The summed E-state index contributed by atoms with van der Waals surface area (Å²) in [6, 6.07) is 5.72. The van der Waals surface area contributed by atoms with Gasteiger partial charge in [-0.15, -0.1) is 11.3 Å². The van der Waals surface area contributed by atoms with Crippen molar-refractivity contribution in [2.75, 3.05) is 25.1 Å². The number of hydrogen-bond acceptors (Lipinski definition) is 6. The molecule has 1 amide bonds. The molecule has 0 bridgehead atoms. The molecular formula is C14H15N3O3S. The minimum atomic E-state index is -0.255. The summed E-state index contributed by atoms with van der Waals surface area (Å²) in [5.74, 6) is 1.23. The number of anilines is 1. The van der Waals surface area contributed by atoms with Gasteiger partial charge >= 0.3 is 0 Å². The first-order valence-corrected chi connectivity index (χ1v) is 7.49. The molecule has 7 heteroatoms. The molecule has 3 rings (SSSR count). The molecule has 110 valence electrons. The summed E-state index contributed by atoms with van der Waals surface area (Å²) in [4.78, 5) is 15.6. The van der Waals surface area contributed by atoms with Crippen LogP contribution in [0, 0.1) is 0 Å². The lowest BCUT2D eigenvalue weighted by Gasteiger charge is -2.08. The van der Waals surface area contributed by atoms with Gasteiger partial charge in [0, 0.05) is 17.4 Å². The zero-order valence-corrected chi connectivity index (χ0v) is 12.1. The van der Waals surface area contributed by atoms with Crippen molar-refractivity contribution < 1.29 is 14.3 Å². The molecule has 21 heavy (non-hydrogen) atoms. The highest BCUT2D eigenvalue weighted by atomic mass is 32.1. The third kappa shape index (κ3) is 3.14. The highest BCUT2D eigenvalue weighted by Crippen LogP contribution is 2.35. The van der Waals surface area contributed by atoms with E-state index in [1.165, 1.54) is 11.3 Å². The van der Waals surface area contributed by atoms with Gasteiger partial charge < -0.3 is 20.5 Å². The van der Waals surface area contributed by atoms with Gasteiger partial charge in [0.1, 0.15) is 0 Å². The SMILES string of the molecule is NCC(=O)Nc1nc(-c2ccc3c(c2)OCCCO3)cs1. The molecule has 1 aromatic carbocycles. The first kappa shape index (κ1) is 13.8. The Hall–Kier alpha value is -2.12. The summed E-state index contributed by atoms with van der Waals surface area (Å²) >= 11 is 1.36. The van der Waals surface area contributed by atoms with Crippen LogP contribution in [-0.4, -0.2) is 30.6 Å². The number of carbonyl (C=O) groups is 1. The van der Waals surface area contributed by atoms with Crippen molar-refractivity contribution in [1.29, 1.82) is 0 Å². The zero-order chi connectivity index (χ0) is 14.7. The number of benzene rings is 1. The van der Waals surface area contributed by atoms with E-state index in [9.17, 15) is 4.79 Å². The fraction of sp³-hybridized carbons (Fsp3) is 0.286. The summed E-state index contributed by atoms with van der Waals surface area (Å²) in [6.45, 7) is 1.25. The summed E-state index contributed by atoms with van der Waals surface area (Å²) < 4.78 is 11.3. The maximum absolute atomic E-state index is 11.3. The molecule has 0 aliphatic carbocycles. The number of carbonyl (C=O) groups excluding carboxylic acids is 1. The fourth-order valence-electron chi connectivity index (χ4n) is 1.96. The standard InChI is InChI=1S/C14H15N3O3S/c15-7-13(18)17-14-16-10(8-21-14)9-2-3-11-12(6-9)20-5-1-4-19-11/h2-3,6,8H,1,4-5,7,15H2,(H,16,17,18). The van der Waals surface area contributed by atoms with Crippen molar-refractivity contribution in [2.45, 2.75) is 6.42 Å². The monoisotopic (exact) mass is 305 g/mol. The van der Waals surface area contributed by atoms with Gasteiger partial charge in [-0.2, -0.15) is 0 Å². The van der Waals surface area contributed by atoms with Gasteiger partial charge in [-0.1, -0.05) is 0 Å². The molecule has 0 saturated heterocycles. The summed E-state index contributed by atoms with van der Waals surface area (Å²) in [5.41, 5.74) is 6.96. The number of nitrogens with two attached hydrogens (primary N) is 1. The molecule has 1 aliphatic rings. The van der Waals surface area contributed by atoms with Crippen molar-refractivity contribution in [2.24, 2.45) is 5.73 Å². The first-order chi connectivity index (χ1) is 10.3. The quantitative estimate of drug-likeness (QED) is 0.904. The van der Waals surface area contributed by atoms with E-state index in [2.05, 4.69) is 10.3 Å². The van der Waals surface area contributed by atoms with E-state index < -0.39 is 0 Å². The van der Waals surface area contributed by atoms with Crippen LogP contribution in [0.25, 0.3) is 11.3 Å². The Morgan fingerprint density at radius 3 is 2.95 bits per heavy atom. The van der Waals surface area contributed by atoms with E-state index in [1.807, 2.05) is 23.6 Å². The van der Waals surface area contributed by atoms with Gasteiger partial charge in [-0.25, -0.2) is 4.98 Å². The number of fused-ring (bicyclic) bond motifs is 1. The van der Waals surface area contributed by atoms with E-state index >= 15 is 0 Å². The number of ether oxygens (including phenoxy) is 2. The molecule has 0 radical (unpaired) electrons. The van der Waals surface area contributed by atoms with Gasteiger partial charge in [0.15, 0.2) is 16.6 Å². The molecule has 1 aliphatic heterocycles. The largest absolute Gasteiger partial charge is 0.490 e. The third-order valence-corrected chi connectivity index (χ3v) is 3.74. The lowest BCUT2D eigenvalue weighted by atomic mass is 10.1. The van der Waals surface area contributed by atoms with Crippen LogP contribution < -0.4 is 20.5 Å². The fourth-order valence-corrected chi connectivity index (χ4v) is 2.69. The van der Waals surface area contributed by atoms with E-state index in [4.69, 9.17) is 15.2 Å². The molecule has 0 atom stereocenters. The second-order valence-corrected chi connectivity index (χ2v) is 5.36. The topological polar surface area (TPSA) is 86.5 Å². The van der Waals surface area contributed by atoms with Crippen molar-refractivity contribution >= 4 is 22.4 Å². The normalized spacial score (nSPS) is 13.6. The Labute approximate surface area is 125 Å². The Balaban J connectivity index is 1.84. The van der Waals surface area contributed by atoms with Crippen molar-refractivity contribution in [3.05, 3.63) is 23.6 Å². The van der Waals surface area contributed by atoms with Crippen LogP contribution >= 0.6 is 11.3 Å². The molecule has 0 spiro atoms. The van der Waals surface area contributed by atoms with E-state index in [1.54, 1.807) is 0 Å². The zero-order valence-electron chi connectivity index (χ0n) is 11.3. The first-order valence-electron chi connectivity index (χ1n) is 6.62. The average Bonchev–Trinajstić information content (AvgIpc) is 2.83. The van der Waals surface area contributed by atoms with Crippen LogP contribution in [0.3, 0.4) is 0 Å².